The molecule has 0 bridgehead atoms. The van der Waals surface area contributed by atoms with Crippen LogP contribution in [0.25, 0.3) is 0 Å². The van der Waals surface area contributed by atoms with E-state index in [0.717, 1.165) is 44.9 Å². The van der Waals surface area contributed by atoms with Gasteiger partial charge in [0, 0.05) is 18.8 Å². The third-order valence-electron chi connectivity index (χ3n) is 12.1. The third kappa shape index (κ3) is 7.77. The fourth-order valence-corrected chi connectivity index (χ4v) is 9.83. The highest BCUT2D eigenvalue weighted by Crippen LogP contribution is 2.66. The quantitative estimate of drug-likeness (QED) is 0.137. The molecule has 0 aromatic rings. The number of esters is 1. The molecule has 42 heavy (non-hydrogen) atoms. The summed E-state index contributed by atoms with van der Waals surface area (Å²) >= 11 is 0. The van der Waals surface area contributed by atoms with Crippen LogP contribution in [0.2, 0.25) is 0 Å². The Hall–Kier alpha value is -1.49. The molecule has 3 saturated carbocycles. The van der Waals surface area contributed by atoms with Crippen LogP contribution in [0.1, 0.15) is 156 Å². The molecule has 0 aromatic carbocycles. The molecule has 0 amide bonds. The summed E-state index contributed by atoms with van der Waals surface area (Å²) in [5, 5.41) is 11.5. The molecule has 0 radical (unpaired) electrons. The lowest BCUT2D eigenvalue weighted by molar-refractivity contribution is -0.155. The number of ether oxygens (including phenoxy) is 1. The number of hydrogen-bond acceptors (Lipinski definition) is 5. The minimum absolute atomic E-state index is 0.0373. The molecule has 0 heterocycles. The molecule has 5 nitrogen and oxygen atoms in total. The molecule has 5 heteroatoms. The van der Waals surface area contributed by atoms with Crippen LogP contribution >= 0.6 is 0 Å². The predicted octanol–water partition coefficient (Wildman–Crippen LogP) is 8.70. The number of allylic oxidation sites excluding steroid dienone is 1. The van der Waals surface area contributed by atoms with Crippen molar-refractivity contribution in [2.45, 2.75) is 162 Å². The Bertz CT molecular complexity index is 954. The second-order valence-electron chi connectivity index (χ2n) is 14.9. The van der Waals surface area contributed by atoms with Gasteiger partial charge >= 0.3 is 5.97 Å². The molecule has 4 aliphatic carbocycles. The molecule has 4 aliphatic rings. The summed E-state index contributed by atoms with van der Waals surface area (Å²) in [5.74, 6) is 0.806. The molecular formula is C37H60O5. The maximum atomic E-state index is 13.4. The van der Waals surface area contributed by atoms with Crippen molar-refractivity contribution in [3.63, 3.8) is 0 Å². The molecule has 0 aliphatic heterocycles. The monoisotopic (exact) mass is 584 g/mol. The van der Waals surface area contributed by atoms with Crippen molar-refractivity contribution < 1.29 is 24.2 Å². The Morgan fingerprint density at radius 2 is 1.50 bits per heavy atom. The van der Waals surface area contributed by atoms with Crippen LogP contribution in [0.4, 0.5) is 0 Å². The van der Waals surface area contributed by atoms with Gasteiger partial charge in [-0.3, -0.25) is 14.4 Å². The van der Waals surface area contributed by atoms with Gasteiger partial charge in [-0.25, -0.2) is 0 Å². The molecule has 238 valence electrons. The number of aliphatic hydroxyl groups excluding tert-OH is 1. The molecule has 0 spiro atoms. The summed E-state index contributed by atoms with van der Waals surface area (Å²) in [6.45, 7) is 6.61. The van der Waals surface area contributed by atoms with Gasteiger partial charge < -0.3 is 9.84 Å². The van der Waals surface area contributed by atoms with Crippen molar-refractivity contribution in [1.29, 1.82) is 0 Å². The summed E-state index contributed by atoms with van der Waals surface area (Å²) in [5.41, 5.74) is 0.882. The van der Waals surface area contributed by atoms with E-state index in [-0.39, 0.29) is 46.8 Å². The van der Waals surface area contributed by atoms with Gasteiger partial charge in [0.2, 0.25) is 0 Å². The SMILES string of the molecule is CCCCCCCCCCCCCCCC(=O)OCC(=O)[C@H]1CC[C@H]2[C@@H]3CCC4=CC(=O)CC[C@]4(C)[C@H]3[C@@H](O)C[C@]12C. The van der Waals surface area contributed by atoms with Crippen LogP contribution in [-0.4, -0.2) is 35.4 Å². The molecule has 3 fully saturated rings. The summed E-state index contributed by atoms with van der Waals surface area (Å²) < 4.78 is 5.49. The number of ketones is 2. The van der Waals surface area contributed by atoms with Crippen LogP contribution in [0.5, 0.6) is 0 Å². The van der Waals surface area contributed by atoms with Crippen molar-refractivity contribution in [2.24, 2.45) is 34.5 Å². The van der Waals surface area contributed by atoms with E-state index in [9.17, 15) is 19.5 Å². The van der Waals surface area contributed by atoms with E-state index in [2.05, 4.69) is 20.8 Å². The molecule has 4 rings (SSSR count). The summed E-state index contributed by atoms with van der Waals surface area (Å²) in [7, 11) is 0. The van der Waals surface area contributed by atoms with Crippen LogP contribution in [0.15, 0.2) is 11.6 Å². The molecule has 0 unspecified atom stereocenters. The fourth-order valence-electron chi connectivity index (χ4n) is 9.83. The van der Waals surface area contributed by atoms with E-state index in [4.69, 9.17) is 4.74 Å². The lowest BCUT2D eigenvalue weighted by Crippen LogP contribution is -2.57. The number of fused-ring (bicyclic) bond motifs is 5. The lowest BCUT2D eigenvalue weighted by Gasteiger charge is -2.59. The van der Waals surface area contributed by atoms with Gasteiger partial charge in [0.05, 0.1) is 6.10 Å². The maximum Gasteiger partial charge on any atom is 0.306 e. The Kier molecular flexibility index (Phi) is 12.3. The van der Waals surface area contributed by atoms with E-state index in [1.165, 1.54) is 76.2 Å². The second-order valence-corrected chi connectivity index (χ2v) is 14.9. The molecule has 7 atom stereocenters. The van der Waals surface area contributed by atoms with Crippen molar-refractivity contribution in [2.75, 3.05) is 6.61 Å². The van der Waals surface area contributed by atoms with Crippen molar-refractivity contribution in [3.8, 4) is 0 Å². The van der Waals surface area contributed by atoms with Crippen LogP contribution in [0, 0.1) is 34.5 Å². The van der Waals surface area contributed by atoms with E-state index in [0.29, 0.717) is 31.1 Å². The minimum atomic E-state index is -0.468. The number of carbonyl (C=O) groups is 3. The van der Waals surface area contributed by atoms with Gasteiger partial charge in [-0.15, -0.1) is 0 Å². The highest BCUT2D eigenvalue weighted by atomic mass is 16.5. The average Bonchev–Trinajstić information content (AvgIpc) is 3.31. The van der Waals surface area contributed by atoms with Crippen molar-refractivity contribution >= 4 is 17.5 Å². The normalized spacial score (nSPS) is 33.9. The van der Waals surface area contributed by atoms with E-state index in [1.54, 1.807) is 0 Å². The molecular weight excluding hydrogens is 524 g/mol. The lowest BCUT2D eigenvalue weighted by atomic mass is 9.46. The van der Waals surface area contributed by atoms with Gasteiger partial charge in [0.15, 0.2) is 11.6 Å². The maximum absolute atomic E-state index is 13.4. The van der Waals surface area contributed by atoms with Gasteiger partial charge in [0.25, 0.3) is 0 Å². The summed E-state index contributed by atoms with van der Waals surface area (Å²) in [6, 6.07) is 0. The number of aliphatic hydroxyl groups is 1. The zero-order chi connectivity index (χ0) is 30.2. The second kappa shape index (κ2) is 15.5. The zero-order valence-electron chi connectivity index (χ0n) is 27.1. The van der Waals surface area contributed by atoms with Crippen molar-refractivity contribution in [3.05, 3.63) is 11.6 Å². The van der Waals surface area contributed by atoms with E-state index >= 15 is 0 Å². The largest absolute Gasteiger partial charge is 0.458 e. The Balaban J connectivity index is 1.14. The predicted molar refractivity (Wildman–Crippen MR) is 168 cm³/mol. The number of rotatable bonds is 17. The average molecular weight is 585 g/mol. The third-order valence-corrected chi connectivity index (χ3v) is 12.1. The number of carbonyl (C=O) groups excluding carboxylic acids is 3. The van der Waals surface area contributed by atoms with Crippen molar-refractivity contribution in [1.82, 2.24) is 0 Å². The first-order valence-corrected chi connectivity index (χ1v) is 17.8. The van der Waals surface area contributed by atoms with E-state index in [1.807, 2.05) is 6.08 Å². The molecule has 0 aromatic heterocycles. The van der Waals surface area contributed by atoms with E-state index < -0.39 is 6.10 Å². The van der Waals surface area contributed by atoms with Gasteiger partial charge in [-0.2, -0.15) is 0 Å². The summed E-state index contributed by atoms with van der Waals surface area (Å²) in [4.78, 5) is 37.9. The standard InChI is InChI=1S/C37H60O5/c1-4-5-6-7-8-9-10-11-12-13-14-15-16-17-34(41)42-26-33(40)31-21-20-30-29-19-18-27-24-28(38)22-23-36(27,2)35(29)32(39)25-37(30,31)3/h24,29-32,35,39H,4-23,25-26H2,1-3H3/t29-,30-,31+,32-,35+,36-,37-/m0/s1. The Labute approximate surface area is 256 Å². The Morgan fingerprint density at radius 3 is 2.14 bits per heavy atom. The number of unbranched alkanes of at least 4 members (excludes halogenated alkanes) is 12. The van der Waals surface area contributed by atoms with Crippen LogP contribution in [0.3, 0.4) is 0 Å². The first-order chi connectivity index (χ1) is 20.2. The first kappa shape index (κ1) is 33.4. The molecule has 0 saturated heterocycles. The highest BCUT2D eigenvalue weighted by Gasteiger charge is 2.62. The summed E-state index contributed by atoms with van der Waals surface area (Å²) in [6.07, 6.45) is 24.1. The van der Waals surface area contributed by atoms with Gasteiger partial charge in [-0.1, -0.05) is 103 Å². The van der Waals surface area contributed by atoms with Gasteiger partial charge in [-0.05, 0) is 79.6 Å². The van der Waals surface area contributed by atoms with Crippen LogP contribution in [-0.2, 0) is 19.1 Å². The minimum Gasteiger partial charge on any atom is -0.458 e. The fraction of sp³-hybridized carbons (Fsp3) is 0.865. The van der Waals surface area contributed by atoms with Gasteiger partial charge in [0.1, 0.15) is 6.61 Å². The smallest absolute Gasteiger partial charge is 0.306 e. The highest BCUT2D eigenvalue weighted by molar-refractivity contribution is 5.91. The topological polar surface area (TPSA) is 80.7 Å². The first-order valence-electron chi connectivity index (χ1n) is 17.8. The molecule has 1 N–H and O–H groups in total. The number of Topliss-reactive ketones (excluding diaryl/α,β-unsaturated/α-hetero) is 1. The zero-order valence-corrected chi connectivity index (χ0v) is 27.1. The van der Waals surface area contributed by atoms with Crippen LogP contribution < -0.4 is 0 Å². The Morgan fingerprint density at radius 1 is 0.881 bits per heavy atom. The number of hydrogen-bond donors (Lipinski definition) is 1.